The molecule has 0 fully saturated rings. The Bertz CT molecular complexity index is 789. The summed E-state index contributed by atoms with van der Waals surface area (Å²) in [6, 6.07) is 7.66. The van der Waals surface area contributed by atoms with Gasteiger partial charge in [-0.25, -0.2) is 9.37 Å². The SMILES string of the molecule is Cc1nc(-c2cc3cccc(F)c3o2)cc(=O)[nH]1. The van der Waals surface area contributed by atoms with Gasteiger partial charge in [-0.05, 0) is 19.1 Å². The predicted molar refractivity (Wildman–Crippen MR) is 64.8 cm³/mol. The molecule has 90 valence electrons. The number of aromatic nitrogens is 2. The zero-order valence-electron chi connectivity index (χ0n) is 9.53. The topological polar surface area (TPSA) is 58.9 Å². The van der Waals surface area contributed by atoms with Gasteiger partial charge in [-0.3, -0.25) is 4.79 Å². The molecule has 0 radical (unpaired) electrons. The molecule has 0 bridgehead atoms. The Morgan fingerprint density at radius 1 is 1.33 bits per heavy atom. The van der Waals surface area contributed by atoms with Crippen molar-refractivity contribution < 1.29 is 8.81 Å². The van der Waals surface area contributed by atoms with Crippen molar-refractivity contribution in [2.24, 2.45) is 0 Å². The highest BCUT2D eigenvalue weighted by Gasteiger charge is 2.11. The van der Waals surface area contributed by atoms with Crippen molar-refractivity contribution in [1.82, 2.24) is 9.97 Å². The standard InChI is InChI=1S/C13H9FN2O2/c1-7-15-10(6-12(17)16-7)11-5-8-3-2-4-9(14)13(8)18-11/h2-6H,1H3,(H,15,16,17). The van der Waals surface area contributed by atoms with E-state index in [1.54, 1.807) is 25.1 Å². The number of nitrogens with one attached hydrogen (secondary N) is 1. The number of fused-ring (bicyclic) bond motifs is 1. The van der Waals surface area contributed by atoms with E-state index >= 15 is 0 Å². The van der Waals surface area contributed by atoms with Crippen LogP contribution in [0.15, 0.2) is 39.5 Å². The molecule has 0 saturated carbocycles. The van der Waals surface area contributed by atoms with E-state index in [1.165, 1.54) is 12.1 Å². The number of hydrogen-bond acceptors (Lipinski definition) is 3. The van der Waals surface area contributed by atoms with Crippen molar-refractivity contribution in [2.75, 3.05) is 0 Å². The fourth-order valence-corrected chi connectivity index (χ4v) is 1.86. The van der Waals surface area contributed by atoms with E-state index in [9.17, 15) is 9.18 Å². The summed E-state index contributed by atoms with van der Waals surface area (Å²) in [4.78, 5) is 18.1. The average molecular weight is 244 g/mol. The first-order valence-electron chi connectivity index (χ1n) is 5.40. The van der Waals surface area contributed by atoms with Gasteiger partial charge in [-0.2, -0.15) is 0 Å². The molecule has 0 aliphatic carbocycles. The second-order valence-corrected chi connectivity index (χ2v) is 3.98. The number of hydrogen-bond donors (Lipinski definition) is 1. The van der Waals surface area contributed by atoms with Gasteiger partial charge in [0.2, 0.25) is 0 Å². The highest BCUT2D eigenvalue weighted by molar-refractivity contribution is 5.82. The Hall–Kier alpha value is -2.43. The first kappa shape index (κ1) is 10.7. The molecule has 0 spiro atoms. The minimum Gasteiger partial charge on any atom is -0.451 e. The monoisotopic (exact) mass is 244 g/mol. The molecule has 0 saturated heterocycles. The van der Waals surface area contributed by atoms with E-state index in [0.717, 1.165) is 0 Å². The zero-order chi connectivity index (χ0) is 12.7. The molecule has 5 heteroatoms. The largest absolute Gasteiger partial charge is 0.451 e. The molecule has 2 heterocycles. The van der Waals surface area contributed by atoms with Gasteiger partial charge in [0.15, 0.2) is 17.2 Å². The lowest BCUT2D eigenvalue weighted by Crippen LogP contribution is -2.08. The summed E-state index contributed by atoms with van der Waals surface area (Å²) < 4.78 is 18.9. The van der Waals surface area contributed by atoms with Crippen LogP contribution in [0, 0.1) is 12.7 Å². The van der Waals surface area contributed by atoms with Crippen LogP contribution in [-0.4, -0.2) is 9.97 Å². The number of benzene rings is 1. The number of para-hydroxylation sites is 1. The predicted octanol–water partition coefficient (Wildman–Crippen LogP) is 2.63. The molecule has 1 aromatic carbocycles. The van der Waals surface area contributed by atoms with Crippen molar-refractivity contribution >= 4 is 11.0 Å². The molecular formula is C13H9FN2O2. The van der Waals surface area contributed by atoms with Gasteiger partial charge < -0.3 is 9.40 Å². The number of halogens is 1. The number of H-pyrrole nitrogens is 1. The lowest BCUT2D eigenvalue weighted by Gasteiger charge is -1.96. The molecule has 3 aromatic rings. The molecule has 0 atom stereocenters. The van der Waals surface area contributed by atoms with Gasteiger partial charge in [0.25, 0.3) is 5.56 Å². The summed E-state index contributed by atoms with van der Waals surface area (Å²) in [7, 11) is 0. The average Bonchev–Trinajstić information content (AvgIpc) is 2.73. The van der Waals surface area contributed by atoms with Crippen LogP contribution in [0.2, 0.25) is 0 Å². The summed E-state index contributed by atoms with van der Waals surface area (Å²) >= 11 is 0. The van der Waals surface area contributed by atoms with E-state index in [4.69, 9.17) is 4.42 Å². The van der Waals surface area contributed by atoms with Crippen LogP contribution in [-0.2, 0) is 0 Å². The smallest absolute Gasteiger partial charge is 0.251 e. The van der Waals surface area contributed by atoms with Crippen molar-refractivity contribution in [3.05, 3.63) is 52.3 Å². The third-order valence-electron chi connectivity index (χ3n) is 2.61. The van der Waals surface area contributed by atoms with Crippen molar-refractivity contribution in [3.63, 3.8) is 0 Å². The molecular weight excluding hydrogens is 235 g/mol. The van der Waals surface area contributed by atoms with Crippen LogP contribution in [0.5, 0.6) is 0 Å². The second-order valence-electron chi connectivity index (χ2n) is 3.98. The van der Waals surface area contributed by atoms with Crippen LogP contribution in [0.4, 0.5) is 4.39 Å². The summed E-state index contributed by atoms with van der Waals surface area (Å²) in [5.74, 6) is 0.433. The van der Waals surface area contributed by atoms with Gasteiger partial charge in [0.1, 0.15) is 11.5 Å². The van der Waals surface area contributed by atoms with E-state index in [2.05, 4.69) is 9.97 Å². The molecule has 0 aliphatic heterocycles. The minimum absolute atomic E-state index is 0.173. The van der Waals surface area contributed by atoms with E-state index < -0.39 is 5.82 Å². The Labute approximate surface area is 101 Å². The fourth-order valence-electron chi connectivity index (χ4n) is 1.86. The highest BCUT2D eigenvalue weighted by atomic mass is 19.1. The quantitative estimate of drug-likeness (QED) is 0.715. The Morgan fingerprint density at radius 2 is 2.17 bits per heavy atom. The third-order valence-corrected chi connectivity index (χ3v) is 2.61. The lowest BCUT2D eigenvalue weighted by atomic mass is 10.2. The number of aryl methyl sites for hydroxylation is 1. The summed E-state index contributed by atoms with van der Waals surface area (Å²) in [6.07, 6.45) is 0. The van der Waals surface area contributed by atoms with Crippen LogP contribution in [0.3, 0.4) is 0 Å². The summed E-state index contributed by atoms with van der Waals surface area (Å²) in [6.45, 7) is 1.67. The van der Waals surface area contributed by atoms with Crippen molar-refractivity contribution in [1.29, 1.82) is 0 Å². The molecule has 1 N–H and O–H groups in total. The summed E-state index contributed by atoms with van der Waals surface area (Å²) in [5, 5.41) is 0.643. The van der Waals surface area contributed by atoms with Gasteiger partial charge in [-0.1, -0.05) is 12.1 Å². The molecule has 0 unspecified atom stereocenters. The lowest BCUT2D eigenvalue weighted by molar-refractivity contribution is 0.567. The van der Waals surface area contributed by atoms with Crippen LogP contribution in [0.25, 0.3) is 22.4 Å². The maximum Gasteiger partial charge on any atom is 0.251 e. The maximum absolute atomic E-state index is 13.5. The molecule has 0 aliphatic rings. The van der Waals surface area contributed by atoms with Gasteiger partial charge in [0.05, 0.1) is 0 Å². The summed E-state index contributed by atoms with van der Waals surface area (Å²) in [5.41, 5.74) is 0.303. The van der Waals surface area contributed by atoms with Gasteiger partial charge in [0, 0.05) is 11.5 Å². The second kappa shape index (κ2) is 3.80. The normalized spacial score (nSPS) is 11.0. The molecule has 0 amide bonds. The Kier molecular flexibility index (Phi) is 2.26. The van der Waals surface area contributed by atoms with E-state index in [-0.39, 0.29) is 11.1 Å². The van der Waals surface area contributed by atoms with Crippen LogP contribution in [0.1, 0.15) is 5.82 Å². The Morgan fingerprint density at radius 3 is 2.89 bits per heavy atom. The Balaban J connectivity index is 2.25. The molecule has 4 nitrogen and oxygen atoms in total. The number of nitrogens with zero attached hydrogens (tertiary/aromatic N) is 1. The number of rotatable bonds is 1. The fraction of sp³-hybridized carbons (Fsp3) is 0.0769. The number of furan rings is 1. The van der Waals surface area contributed by atoms with E-state index in [1.807, 2.05) is 0 Å². The van der Waals surface area contributed by atoms with Crippen LogP contribution < -0.4 is 5.56 Å². The van der Waals surface area contributed by atoms with E-state index in [0.29, 0.717) is 22.7 Å². The van der Waals surface area contributed by atoms with Crippen molar-refractivity contribution in [2.45, 2.75) is 6.92 Å². The van der Waals surface area contributed by atoms with Gasteiger partial charge >= 0.3 is 0 Å². The molecule has 18 heavy (non-hydrogen) atoms. The third kappa shape index (κ3) is 1.69. The zero-order valence-corrected chi connectivity index (χ0v) is 9.53. The molecule has 2 aromatic heterocycles. The van der Waals surface area contributed by atoms with Gasteiger partial charge in [-0.15, -0.1) is 0 Å². The number of aromatic amines is 1. The highest BCUT2D eigenvalue weighted by Crippen LogP contribution is 2.27. The first-order valence-corrected chi connectivity index (χ1v) is 5.40. The maximum atomic E-state index is 13.5. The van der Waals surface area contributed by atoms with Crippen molar-refractivity contribution in [3.8, 4) is 11.5 Å². The molecule has 3 rings (SSSR count). The minimum atomic E-state index is -0.430. The first-order chi connectivity index (χ1) is 8.63. The van der Waals surface area contributed by atoms with Crippen LogP contribution >= 0.6 is 0 Å².